The third-order valence-corrected chi connectivity index (χ3v) is 5.17. The SMILES string of the molecule is O=C(NC1CCCc2cc3sccc3cc21)C1CC1. The fourth-order valence-corrected chi connectivity index (χ4v) is 3.88. The summed E-state index contributed by atoms with van der Waals surface area (Å²) in [4.78, 5) is 12.0. The van der Waals surface area contributed by atoms with Gasteiger partial charge in [-0.1, -0.05) is 0 Å². The lowest BCUT2D eigenvalue weighted by molar-refractivity contribution is -0.123. The molecule has 2 aliphatic carbocycles. The molecule has 0 bridgehead atoms. The van der Waals surface area contributed by atoms with Crippen molar-refractivity contribution in [3.05, 3.63) is 34.7 Å². The van der Waals surface area contributed by atoms with Gasteiger partial charge in [0.2, 0.25) is 5.91 Å². The maximum atomic E-state index is 12.0. The summed E-state index contributed by atoms with van der Waals surface area (Å²) >= 11 is 1.80. The lowest BCUT2D eigenvalue weighted by Crippen LogP contribution is -2.31. The highest BCUT2D eigenvalue weighted by Gasteiger charge is 2.32. The average molecular weight is 271 g/mol. The van der Waals surface area contributed by atoms with Crippen molar-refractivity contribution in [2.24, 2.45) is 5.92 Å². The van der Waals surface area contributed by atoms with Gasteiger partial charge in [0, 0.05) is 10.6 Å². The molecule has 1 aromatic heterocycles. The zero-order valence-corrected chi connectivity index (χ0v) is 11.6. The van der Waals surface area contributed by atoms with E-state index in [1.54, 1.807) is 11.3 Å². The Kier molecular flexibility index (Phi) is 2.62. The molecule has 0 spiro atoms. The van der Waals surface area contributed by atoms with Gasteiger partial charge in [0.05, 0.1) is 6.04 Å². The number of thiophene rings is 1. The number of amides is 1. The monoisotopic (exact) mass is 271 g/mol. The molecule has 4 rings (SSSR count). The Morgan fingerprint density at radius 2 is 2.16 bits per heavy atom. The van der Waals surface area contributed by atoms with Crippen LogP contribution in [0, 0.1) is 5.92 Å². The molecule has 0 saturated heterocycles. The summed E-state index contributed by atoms with van der Waals surface area (Å²) in [7, 11) is 0. The predicted octanol–water partition coefficient (Wildman–Crippen LogP) is 3.80. The van der Waals surface area contributed by atoms with E-state index in [-0.39, 0.29) is 11.9 Å². The number of benzene rings is 1. The molecule has 2 nitrogen and oxygen atoms in total. The van der Waals surface area contributed by atoms with E-state index in [0.717, 1.165) is 25.7 Å². The van der Waals surface area contributed by atoms with Crippen molar-refractivity contribution in [3.63, 3.8) is 0 Å². The van der Waals surface area contributed by atoms with Crippen LogP contribution in [0.2, 0.25) is 0 Å². The zero-order chi connectivity index (χ0) is 12.8. The number of fused-ring (bicyclic) bond motifs is 2. The lowest BCUT2D eigenvalue weighted by atomic mass is 9.87. The van der Waals surface area contributed by atoms with E-state index in [0.29, 0.717) is 5.92 Å². The number of hydrogen-bond acceptors (Lipinski definition) is 2. The molecule has 2 aliphatic rings. The van der Waals surface area contributed by atoms with Gasteiger partial charge in [-0.25, -0.2) is 0 Å². The van der Waals surface area contributed by atoms with Gasteiger partial charge in [0.25, 0.3) is 0 Å². The molecular weight excluding hydrogens is 254 g/mol. The van der Waals surface area contributed by atoms with Crippen molar-refractivity contribution in [1.29, 1.82) is 0 Å². The Balaban J connectivity index is 1.69. The van der Waals surface area contributed by atoms with Crippen LogP contribution in [0.4, 0.5) is 0 Å². The fraction of sp³-hybridized carbons (Fsp3) is 0.438. The van der Waals surface area contributed by atoms with Crippen molar-refractivity contribution in [1.82, 2.24) is 5.32 Å². The second kappa shape index (κ2) is 4.34. The van der Waals surface area contributed by atoms with Crippen LogP contribution in [0.1, 0.15) is 42.9 Å². The summed E-state index contributed by atoms with van der Waals surface area (Å²) in [5, 5.41) is 6.72. The molecule has 1 fully saturated rings. The summed E-state index contributed by atoms with van der Waals surface area (Å²) in [6, 6.07) is 7.03. The molecule has 0 aliphatic heterocycles. The van der Waals surface area contributed by atoms with Crippen LogP contribution in [-0.4, -0.2) is 5.91 Å². The van der Waals surface area contributed by atoms with Crippen LogP contribution in [0.5, 0.6) is 0 Å². The maximum absolute atomic E-state index is 12.0. The first-order valence-electron chi connectivity index (χ1n) is 7.11. The minimum absolute atomic E-state index is 0.237. The van der Waals surface area contributed by atoms with Crippen LogP contribution >= 0.6 is 11.3 Å². The molecule has 1 saturated carbocycles. The summed E-state index contributed by atoms with van der Waals surface area (Å²) in [5.74, 6) is 0.568. The topological polar surface area (TPSA) is 29.1 Å². The molecule has 1 atom stereocenters. The van der Waals surface area contributed by atoms with Crippen molar-refractivity contribution in [2.45, 2.75) is 38.1 Å². The van der Waals surface area contributed by atoms with E-state index in [4.69, 9.17) is 0 Å². The Bertz CT molecular complexity index is 641. The molecule has 98 valence electrons. The normalized spacial score (nSPS) is 22.2. The second-order valence-corrected chi connectivity index (χ2v) is 6.68. The van der Waals surface area contributed by atoms with Crippen LogP contribution in [-0.2, 0) is 11.2 Å². The van der Waals surface area contributed by atoms with E-state index in [1.807, 2.05) is 0 Å². The number of carbonyl (C=O) groups excluding carboxylic acids is 1. The number of aryl methyl sites for hydroxylation is 1. The minimum Gasteiger partial charge on any atom is -0.349 e. The Morgan fingerprint density at radius 1 is 1.26 bits per heavy atom. The van der Waals surface area contributed by atoms with Crippen LogP contribution in [0.25, 0.3) is 10.1 Å². The largest absolute Gasteiger partial charge is 0.349 e. The third kappa shape index (κ3) is 2.06. The Morgan fingerprint density at radius 3 is 3.00 bits per heavy atom. The highest BCUT2D eigenvalue weighted by Crippen LogP contribution is 2.36. The first kappa shape index (κ1) is 11.5. The summed E-state index contributed by atoms with van der Waals surface area (Å²) < 4.78 is 1.37. The summed E-state index contributed by atoms with van der Waals surface area (Å²) in [6.45, 7) is 0. The van der Waals surface area contributed by atoms with Crippen molar-refractivity contribution in [2.75, 3.05) is 0 Å². The van der Waals surface area contributed by atoms with E-state index >= 15 is 0 Å². The van der Waals surface area contributed by atoms with Gasteiger partial charge in [-0.2, -0.15) is 0 Å². The molecule has 3 heteroatoms. The van der Waals surface area contributed by atoms with E-state index in [2.05, 4.69) is 28.9 Å². The molecule has 0 radical (unpaired) electrons. The standard InChI is InChI=1S/C16H17NOS/c18-16(10-4-5-10)17-14-3-1-2-11-9-15-12(6-7-19-15)8-13(11)14/h6-10,14H,1-5H2,(H,17,18). The first-order chi connectivity index (χ1) is 9.31. The van der Waals surface area contributed by atoms with E-state index in [9.17, 15) is 4.79 Å². The molecule has 1 aromatic carbocycles. The van der Waals surface area contributed by atoms with Crippen LogP contribution in [0.15, 0.2) is 23.6 Å². The van der Waals surface area contributed by atoms with E-state index in [1.165, 1.54) is 27.6 Å². The van der Waals surface area contributed by atoms with Crippen LogP contribution < -0.4 is 5.32 Å². The number of carbonyl (C=O) groups is 1. The van der Waals surface area contributed by atoms with Gasteiger partial charge < -0.3 is 5.32 Å². The molecule has 1 amide bonds. The smallest absolute Gasteiger partial charge is 0.223 e. The van der Waals surface area contributed by atoms with Gasteiger partial charge in [-0.3, -0.25) is 4.79 Å². The second-order valence-electron chi connectivity index (χ2n) is 5.74. The number of nitrogens with one attached hydrogen (secondary N) is 1. The zero-order valence-electron chi connectivity index (χ0n) is 10.8. The highest BCUT2D eigenvalue weighted by molar-refractivity contribution is 7.17. The number of hydrogen-bond donors (Lipinski definition) is 1. The van der Waals surface area contributed by atoms with Gasteiger partial charge in [-0.05, 0) is 72.2 Å². The molecule has 19 heavy (non-hydrogen) atoms. The summed E-state index contributed by atoms with van der Waals surface area (Å²) in [6.07, 6.45) is 5.57. The van der Waals surface area contributed by atoms with Gasteiger partial charge >= 0.3 is 0 Å². The highest BCUT2D eigenvalue weighted by atomic mass is 32.1. The van der Waals surface area contributed by atoms with Gasteiger partial charge in [0.15, 0.2) is 0 Å². The minimum atomic E-state index is 0.237. The molecule has 2 aromatic rings. The van der Waals surface area contributed by atoms with Crippen molar-refractivity contribution < 1.29 is 4.79 Å². The Hall–Kier alpha value is -1.35. The molecule has 1 heterocycles. The number of rotatable bonds is 2. The Labute approximate surface area is 116 Å². The molecule has 1 N–H and O–H groups in total. The molecular formula is C16H17NOS. The van der Waals surface area contributed by atoms with Gasteiger partial charge in [-0.15, -0.1) is 11.3 Å². The first-order valence-corrected chi connectivity index (χ1v) is 7.99. The average Bonchev–Trinajstić information content (AvgIpc) is 3.17. The van der Waals surface area contributed by atoms with Crippen LogP contribution in [0.3, 0.4) is 0 Å². The van der Waals surface area contributed by atoms with Crippen molar-refractivity contribution in [3.8, 4) is 0 Å². The lowest BCUT2D eigenvalue weighted by Gasteiger charge is -2.26. The maximum Gasteiger partial charge on any atom is 0.223 e. The van der Waals surface area contributed by atoms with Gasteiger partial charge in [0.1, 0.15) is 0 Å². The predicted molar refractivity (Wildman–Crippen MR) is 78.4 cm³/mol. The molecule has 1 unspecified atom stereocenters. The third-order valence-electron chi connectivity index (χ3n) is 4.29. The fourth-order valence-electron chi connectivity index (χ4n) is 3.05. The van der Waals surface area contributed by atoms with Crippen molar-refractivity contribution >= 4 is 27.3 Å². The summed E-state index contributed by atoms with van der Waals surface area (Å²) in [5.41, 5.74) is 2.79. The quantitative estimate of drug-likeness (QED) is 0.884. The van der Waals surface area contributed by atoms with E-state index < -0.39 is 0 Å².